The first-order valence-electron chi connectivity index (χ1n) is 2.91. The Labute approximate surface area is 66.6 Å². The van der Waals surface area contributed by atoms with Crippen LogP contribution in [0.25, 0.3) is 0 Å². The Morgan fingerprint density at radius 3 is 2.40 bits per heavy atom. The van der Waals surface area contributed by atoms with Gasteiger partial charge in [-0.15, -0.1) is 0 Å². The fourth-order valence-corrected chi connectivity index (χ4v) is 1.42. The molecule has 1 aliphatic rings. The number of carboxylic acid groups (broad SMARTS) is 1. The standard InChI is InChI=1S/C5H8BrNO3/c6-3-1-7(5(9)10)2-4(3)8/h3-4,8H,1-2H2,(H,9,10). The molecular weight excluding hydrogens is 202 g/mol. The zero-order valence-electron chi connectivity index (χ0n) is 5.20. The molecule has 0 saturated carbocycles. The van der Waals surface area contributed by atoms with Crippen molar-refractivity contribution in [3.05, 3.63) is 0 Å². The first-order valence-corrected chi connectivity index (χ1v) is 3.83. The van der Waals surface area contributed by atoms with Gasteiger partial charge >= 0.3 is 6.09 Å². The van der Waals surface area contributed by atoms with Crippen LogP contribution in [0.5, 0.6) is 0 Å². The van der Waals surface area contributed by atoms with Crippen LogP contribution in [0.15, 0.2) is 0 Å². The number of hydrogen-bond acceptors (Lipinski definition) is 2. The average Bonchev–Trinajstić information content (AvgIpc) is 2.13. The molecule has 4 nitrogen and oxygen atoms in total. The molecule has 0 aromatic rings. The summed E-state index contributed by atoms with van der Waals surface area (Å²) < 4.78 is 0. The third-order valence-corrected chi connectivity index (χ3v) is 2.39. The molecule has 0 spiro atoms. The molecule has 1 saturated heterocycles. The summed E-state index contributed by atoms with van der Waals surface area (Å²) in [5, 5.41) is 17.5. The smallest absolute Gasteiger partial charge is 0.407 e. The lowest BCUT2D eigenvalue weighted by atomic mass is 10.3. The van der Waals surface area contributed by atoms with E-state index in [-0.39, 0.29) is 11.4 Å². The van der Waals surface area contributed by atoms with Gasteiger partial charge in [0.2, 0.25) is 0 Å². The number of aliphatic hydroxyl groups is 1. The van der Waals surface area contributed by atoms with Crippen LogP contribution < -0.4 is 0 Å². The molecule has 1 rings (SSSR count). The molecule has 2 unspecified atom stereocenters. The van der Waals surface area contributed by atoms with Gasteiger partial charge in [-0.25, -0.2) is 4.79 Å². The normalized spacial score (nSPS) is 32.8. The van der Waals surface area contributed by atoms with E-state index in [1.165, 1.54) is 4.90 Å². The lowest BCUT2D eigenvalue weighted by Crippen LogP contribution is -2.27. The number of carbonyl (C=O) groups is 1. The van der Waals surface area contributed by atoms with Crippen molar-refractivity contribution in [1.82, 2.24) is 4.90 Å². The predicted molar refractivity (Wildman–Crippen MR) is 38.3 cm³/mol. The summed E-state index contributed by atoms with van der Waals surface area (Å²) in [6.45, 7) is 0.585. The maximum Gasteiger partial charge on any atom is 0.407 e. The zero-order chi connectivity index (χ0) is 7.72. The Morgan fingerprint density at radius 1 is 1.60 bits per heavy atom. The summed E-state index contributed by atoms with van der Waals surface area (Å²) in [6, 6.07) is 0. The molecule has 2 N–H and O–H groups in total. The van der Waals surface area contributed by atoms with Crippen LogP contribution in [0.4, 0.5) is 4.79 Å². The van der Waals surface area contributed by atoms with Crippen molar-refractivity contribution in [2.75, 3.05) is 13.1 Å². The lowest BCUT2D eigenvalue weighted by Gasteiger charge is -2.08. The van der Waals surface area contributed by atoms with E-state index in [2.05, 4.69) is 15.9 Å². The van der Waals surface area contributed by atoms with Crippen molar-refractivity contribution in [2.45, 2.75) is 10.9 Å². The van der Waals surface area contributed by atoms with E-state index in [1.807, 2.05) is 0 Å². The fourth-order valence-electron chi connectivity index (χ4n) is 0.903. The van der Waals surface area contributed by atoms with E-state index in [0.29, 0.717) is 6.54 Å². The Bertz CT molecular complexity index is 142. The lowest BCUT2D eigenvalue weighted by molar-refractivity contribution is 0.140. The molecule has 0 aliphatic carbocycles. The van der Waals surface area contributed by atoms with Crippen LogP contribution in [-0.4, -0.2) is 45.2 Å². The number of nitrogens with zero attached hydrogens (tertiary/aromatic N) is 1. The minimum absolute atomic E-state index is 0.108. The third-order valence-electron chi connectivity index (χ3n) is 1.49. The molecule has 0 bridgehead atoms. The van der Waals surface area contributed by atoms with E-state index >= 15 is 0 Å². The zero-order valence-corrected chi connectivity index (χ0v) is 6.78. The first kappa shape index (κ1) is 7.81. The van der Waals surface area contributed by atoms with Gasteiger partial charge in [-0.3, -0.25) is 0 Å². The van der Waals surface area contributed by atoms with Crippen LogP contribution in [-0.2, 0) is 0 Å². The first-order chi connectivity index (χ1) is 4.61. The quantitative estimate of drug-likeness (QED) is 0.557. The van der Waals surface area contributed by atoms with Crippen molar-refractivity contribution in [1.29, 1.82) is 0 Å². The van der Waals surface area contributed by atoms with E-state index in [0.717, 1.165) is 0 Å². The highest BCUT2D eigenvalue weighted by Crippen LogP contribution is 2.16. The highest BCUT2D eigenvalue weighted by molar-refractivity contribution is 9.09. The van der Waals surface area contributed by atoms with E-state index in [1.54, 1.807) is 0 Å². The minimum atomic E-state index is -0.971. The molecule has 58 valence electrons. The van der Waals surface area contributed by atoms with Gasteiger partial charge in [0.05, 0.1) is 17.5 Å². The summed E-state index contributed by atoms with van der Waals surface area (Å²) in [5.41, 5.74) is 0. The van der Waals surface area contributed by atoms with Gasteiger partial charge in [0.25, 0.3) is 0 Å². The van der Waals surface area contributed by atoms with E-state index < -0.39 is 12.2 Å². The predicted octanol–water partition coefficient (Wildman–Crippen LogP) is 0.104. The largest absolute Gasteiger partial charge is 0.465 e. The van der Waals surface area contributed by atoms with Crippen LogP contribution in [0.3, 0.4) is 0 Å². The number of likely N-dealkylation sites (tertiary alicyclic amines) is 1. The van der Waals surface area contributed by atoms with Crippen LogP contribution in [0.2, 0.25) is 0 Å². The number of alkyl halides is 1. The van der Waals surface area contributed by atoms with Gasteiger partial charge in [-0.1, -0.05) is 15.9 Å². The van der Waals surface area contributed by atoms with Crippen LogP contribution in [0, 0.1) is 0 Å². The highest BCUT2D eigenvalue weighted by atomic mass is 79.9. The summed E-state index contributed by atoms with van der Waals surface area (Å²) in [5.74, 6) is 0. The maximum atomic E-state index is 10.3. The number of β-amino-alcohol motifs (C(OH)–C–C–N with tert-alkyl or cyclic N) is 1. The summed E-state index contributed by atoms with van der Waals surface area (Å²) in [4.78, 5) is 11.4. The molecule has 1 fully saturated rings. The van der Waals surface area contributed by atoms with Crippen LogP contribution in [0.1, 0.15) is 0 Å². The van der Waals surface area contributed by atoms with Gasteiger partial charge in [0.1, 0.15) is 0 Å². The van der Waals surface area contributed by atoms with Crippen molar-refractivity contribution in [3.8, 4) is 0 Å². The Morgan fingerprint density at radius 2 is 2.20 bits per heavy atom. The maximum absolute atomic E-state index is 10.3. The topological polar surface area (TPSA) is 60.8 Å². The van der Waals surface area contributed by atoms with Crippen LogP contribution >= 0.6 is 15.9 Å². The minimum Gasteiger partial charge on any atom is -0.465 e. The van der Waals surface area contributed by atoms with Gasteiger partial charge in [0.15, 0.2) is 0 Å². The van der Waals surface area contributed by atoms with Gasteiger partial charge in [-0.05, 0) is 0 Å². The average molecular weight is 210 g/mol. The molecule has 0 radical (unpaired) electrons. The molecule has 2 atom stereocenters. The summed E-state index contributed by atoms with van der Waals surface area (Å²) in [7, 11) is 0. The molecule has 0 aromatic carbocycles. The van der Waals surface area contributed by atoms with Gasteiger partial charge < -0.3 is 15.1 Å². The Balaban J connectivity index is 2.49. The molecular formula is C5H8BrNO3. The molecule has 1 aliphatic heterocycles. The number of halogens is 1. The number of rotatable bonds is 0. The molecule has 0 aromatic heterocycles. The van der Waals surface area contributed by atoms with Crippen molar-refractivity contribution in [3.63, 3.8) is 0 Å². The molecule has 5 heteroatoms. The summed E-state index contributed by atoms with van der Waals surface area (Å²) in [6.07, 6.45) is -1.53. The third kappa shape index (κ3) is 1.41. The second-order valence-corrected chi connectivity index (χ2v) is 3.45. The summed E-state index contributed by atoms with van der Waals surface area (Å²) >= 11 is 3.16. The molecule has 10 heavy (non-hydrogen) atoms. The van der Waals surface area contributed by atoms with Gasteiger partial charge in [0, 0.05) is 6.54 Å². The highest BCUT2D eigenvalue weighted by Gasteiger charge is 2.31. The Kier molecular flexibility index (Phi) is 2.15. The number of amides is 1. The number of aliphatic hydroxyl groups excluding tert-OH is 1. The SMILES string of the molecule is O=C(O)N1CC(O)C(Br)C1. The Hall–Kier alpha value is -0.290. The van der Waals surface area contributed by atoms with E-state index in [9.17, 15) is 4.79 Å². The fraction of sp³-hybridized carbons (Fsp3) is 0.800. The monoisotopic (exact) mass is 209 g/mol. The second kappa shape index (κ2) is 2.75. The molecule has 1 amide bonds. The van der Waals surface area contributed by atoms with Gasteiger partial charge in [-0.2, -0.15) is 0 Å². The van der Waals surface area contributed by atoms with Crippen molar-refractivity contribution >= 4 is 22.0 Å². The number of hydrogen-bond donors (Lipinski definition) is 2. The molecule has 1 heterocycles. The van der Waals surface area contributed by atoms with Crippen molar-refractivity contribution < 1.29 is 15.0 Å². The van der Waals surface area contributed by atoms with E-state index in [4.69, 9.17) is 10.2 Å². The van der Waals surface area contributed by atoms with Crippen molar-refractivity contribution in [2.24, 2.45) is 0 Å². The second-order valence-electron chi connectivity index (χ2n) is 2.27.